The van der Waals surface area contributed by atoms with Crippen molar-refractivity contribution in [1.29, 1.82) is 0 Å². The summed E-state index contributed by atoms with van der Waals surface area (Å²) in [6.45, 7) is -0.365. The van der Waals surface area contributed by atoms with E-state index in [1.807, 2.05) is 0 Å². The molecule has 1 aromatic rings. The molecule has 0 aromatic heterocycles. The fourth-order valence-corrected chi connectivity index (χ4v) is 1.08. The fourth-order valence-electron chi connectivity index (χ4n) is 1.08. The molecule has 4 N–H and O–H groups in total. The second kappa shape index (κ2) is 7.59. The molecule has 0 aliphatic rings. The SMILES string of the molecule is NC(=O)CONCC(O)COc1ccccc1F. The number of rotatable bonds is 8. The summed E-state index contributed by atoms with van der Waals surface area (Å²) in [6, 6.07) is 5.88. The molecule has 1 aromatic carbocycles. The lowest BCUT2D eigenvalue weighted by molar-refractivity contribution is -0.125. The molecule has 100 valence electrons. The van der Waals surface area contributed by atoms with Crippen molar-refractivity contribution < 1.29 is 23.9 Å². The lowest BCUT2D eigenvalue weighted by Crippen LogP contribution is -2.33. The molecule has 0 bridgehead atoms. The van der Waals surface area contributed by atoms with Gasteiger partial charge in [-0.3, -0.25) is 9.63 Å². The second-order valence-corrected chi connectivity index (χ2v) is 3.50. The molecule has 0 radical (unpaired) electrons. The lowest BCUT2D eigenvalue weighted by Gasteiger charge is -2.13. The van der Waals surface area contributed by atoms with Crippen molar-refractivity contribution in [1.82, 2.24) is 5.48 Å². The summed E-state index contributed by atoms with van der Waals surface area (Å²) in [5.41, 5.74) is 7.17. The third kappa shape index (κ3) is 5.58. The fraction of sp³-hybridized carbons (Fsp3) is 0.364. The van der Waals surface area contributed by atoms with Crippen molar-refractivity contribution in [2.45, 2.75) is 6.10 Å². The van der Waals surface area contributed by atoms with Crippen molar-refractivity contribution >= 4 is 5.91 Å². The second-order valence-electron chi connectivity index (χ2n) is 3.50. The van der Waals surface area contributed by atoms with Crippen LogP contribution in [0.15, 0.2) is 24.3 Å². The summed E-state index contributed by atoms with van der Waals surface area (Å²) in [6.07, 6.45) is -0.905. The van der Waals surface area contributed by atoms with Gasteiger partial charge in [0.1, 0.15) is 19.3 Å². The van der Waals surface area contributed by atoms with E-state index in [4.69, 9.17) is 10.5 Å². The van der Waals surface area contributed by atoms with Gasteiger partial charge in [0.25, 0.3) is 0 Å². The maximum Gasteiger partial charge on any atom is 0.245 e. The van der Waals surface area contributed by atoms with E-state index >= 15 is 0 Å². The van der Waals surface area contributed by atoms with Crippen LogP contribution in [-0.2, 0) is 9.63 Å². The zero-order valence-electron chi connectivity index (χ0n) is 9.64. The van der Waals surface area contributed by atoms with Gasteiger partial charge in [-0.2, -0.15) is 5.48 Å². The first-order valence-electron chi connectivity index (χ1n) is 5.28. The molecule has 0 aliphatic heterocycles. The Hall–Kier alpha value is -1.70. The third-order valence-corrected chi connectivity index (χ3v) is 1.90. The van der Waals surface area contributed by atoms with Gasteiger partial charge in [-0.05, 0) is 12.1 Å². The summed E-state index contributed by atoms with van der Waals surface area (Å²) >= 11 is 0. The van der Waals surface area contributed by atoms with Crippen LogP contribution in [0.4, 0.5) is 4.39 Å². The Balaban J connectivity index is 2.19. The third-order valence-electron chi connectivity index (χ3n) is 1.90. The molecule has 0 fully saturated rings. The molecule has 18 heavy (non-hydrogen) atoms. The molecular weight excluding hydrogens is 243 g/mol. The Morgan fingerprint density at radius 1 is 1.50 bits per heavy atom. The van der Waals surface area contributed by atoms with Gasteiger partial charge < -0.3 is 15.6 Å². The Labute approximate surface area is 103 Å². The summed E-state index contributed by atoms with van der Waals surface area (Å²) < 4.78 is 18.2. The highest BCUT2D eigenvalue weighted by atomic mass is 19.1. The topological polar surface area (TPSA) is 93.8 Å². The summed E-state index contributed by atoms with van der Waals surface area (Å²) in [4.78, 5) is 14.9. The number of hydrogen-bond acceptors (Lipinski definition) is 5. The van der Waals surface area contributed by atoms with Gasteiger partial charge in [0.2, 0.25) is 5.91 Å². The zero-order valence-corrected chi connectivity index (χ0v) is 9.64. The summed E-state index contributed by atoms with van der Waals surface area (Å²) in [5.74, 6) is -1.06. The molecule has 0 heterocycles. The van der Waals surface area contributed by atoms with E-state index in [1.54, 1.807) is 6.07 Å². The van der Waals surface area contributed by atoms with Gasteiger partial charge in [0.05, 0.1) is 6.54 Å². The lowest BCUT2D eigenvalue weighted by atomic mass is 10.3. The van der Waals surface area contributed by atoms with Gasteiger partial charge in [-0.1, -0.05) is 12.1 Å². The predicted octanol–water partition coefficient (Wildman–Crippen LogP) is -0.428. The molecule has 0 aliphatic carbocycles. The van der Waals surface area contributed by atoms with Crippen LogP contribution in [0.5, 0.6) is 5.75 Å². The summed E-state index contributed by atoms with van der Waals surface area (Å²) in [7, 11) is 0. The number of hydroxylamine groups is 1. The van der Waals surface area contributed by atoms with E-state index in [2.05, 4.69) is 10.3 Å². The number of benzene rings is 1. The number of carbonyl (C=O) groups excluding carboxylic acids is 1. The Morgan fingerprint density at radius 2 is 2.22 bits per heavy atom. The van der Waals surface area contributed by atoms with Crippen LogP contribution in [0.3, 0.4) is 0 Å². The first-order valence-corrected chi connectivity index (χ1v) is 5.28. The van der Waals surface area contributed by atoms with E-state index in [-0.39, 0.29) is 25.5 Å². The van der Waals surface area contributed by atoms with E-state index < -0.39 is 17.8 Å². The normalized spacial score (nSPS) is 12.1. The quantitative estimate of drug-likeness (QED) is 0.434. The first kappa shape index (κ1) is 14.4. The van der Waals surface area contributed by atoms with Crippen molar-refractivity contribution in [3.8, 4) is 5.75 Å². The average molecular weight is 258 g/mol. The zero-order chi connectivity index (χ0) is 13.4. The maximum atomic E-state index is 13.1. The number of nitrogens with two attached hydrogens (primary N) is 1. The smallest absolute Gasteiger partial charge is 0.245 e. The number of hydrogen-bond donors (Lipinski definition) is 3. The van der Waals surface area contributed by atoms with Crippen LogP contribution >= 0.6 is 0 Å². The number of halogens is 1. The molecule has 1 unspecified atom stereocenters. The number of nitrogens with one attached hydrogen (secondary N) is 1. The molecule has 6 nitrogen and oxygen atoms in total. The van der Waals surface area contributed by atoms with Gasteiger partial charge >= 0.3 is 0 Å². The maximum absolute atomic E-state index is 13.1. The van der Waals surface area contributed by atoms with E-state index in [9.17, 15) is 14.3 Å². The number of carbonyl (C=O) groups is 1. The average Bonchev–Trinajstić information content (AvgIpc) is 2.33. The van der Waals surface area contributed by atoms with Gasteiger partial charge in [0.15, 0.2) is 11.6 Å². The highest BCUT2D eigenvalue weighted by Gasteiger charge is 2.07. The summed E-state index contributed by atoms with van der Waals surface area (Å²) in [5, 5.41) is 9.46. The van der Waals surface area contributed by atoms with Crippen LogP contribution in [0.2, 0.25) is 0 Å². The van der Waals surface area contributed by atoms with Gasteiger partial charge in [-0.25, -0.2) is 4.39 Å². The van der Waals surface area contributed by atoms with Crippen LogP contribution in [0.25, 0.3) is 0 Å². The standard InChI is InChI=1S/C11H15FN2O4/c12-9-3-1-2-4-10(9)17-6-8(15)5-14-18-7-11(13)16/h1-4,8,14-15H,5-7H2,(H2,13,16). The predicted molar refractivity (Wildman–Crippen MR) is 61.1 cm³/mol. The molecule has 0 spiro atoms. The molecule has 1 rings (SSSR count). The van der Waals surface area contributed by atoms with Crippen LogP contribution < -0.4 is 16.0 Å². The molecule has 1 amide bonds. The van der Waals surface area contributed by atoms with Crippen molar-refractivity contribution in [2.24, 2.45) is 5.73 Å². The largest absolute Gasteiger partial charge is 0.488 e. The van der Waals surface area contributed by atoms with Gasteiger partial charge in [-0.15, -0.1) is 0 Å². The van der Waals surface area contributed by atoms with Crippen molar-refractivity contribution in [3.05, 3.63) is 30.1 Å². The minimum atomic E-state index is -0.905. The number of ether oxygens (including phenoxy) is 1. The van der Waals surface area contributed by atoms with E-state index in [0.29, 0.717) is 0 Å². The minimum Gasteiger partial charge on any atom is -0.488 e. The van der Waals surface area contributed by atoms with E-state index in [0.717, 1.165) is 0 Å². The molecule has 0 saturated heterocycles. The number of amides is 1. The molecular formula is C11H15FN2O4. The number of primary amides is 1. The molecule has 1 atom stereocenters. The monoisotopic (exact) mass is 258 g/mol. The molecule has 7 heteroatoms. The van der Waals surface area contributed by atoms with Gasteiger partial charge in [0, 0.05) is 0 Å². The first-order chi connectivity index (χ1) is 8.59. The van der Waals surface area contributed by atoms with Crippen molar-refractivity contribution in [3.63, 3.8) is 0 Å². The highest BCUT2D eigenvalue weighted by molar-refractivity contribution is 5.74. The van der Waals surface area contributed by atoms with Crippen LogP contribution in [-0.4, -0.2) is 36.9 Å². The Bertz CT molecular complexity index is 389. The van der Waals surface area contributed by atoms with Crippen LogP contribution in [0.1, 0.15) is 0 Å². The minimum absolute atomic E-state index is 0.0295. The highest BCUT2D eigenvalue weighted by Crippen LogP contribution is 2.15. The van der Waals surface area contributed by atoms with E-state index in [1.165, 1.54) is 18.2 Å². The Kier molecular flexibility index (Phi) is 6.06. The van der Waals surface area contributed by atoms with Crippen molar-refractivity contribution in [2.75, 3.05) is 19.8 Å². The van der Waals surface area contributed by atoms with Crippen LogP contribution in [0, 0.1) is 5.82 Å². The number of aliphatic hydroxyl groups excluding tert-OH is 1. The Morgan fingerprint density at radius 3 is 2.89 bits per heavy atom. The number of aliphatic hydroxyl groups is 1. The number of para-hydroxylation sites is 1. The molecule has 0 saturated carbocycles.